The Morgan fingerprint density at radius 2 is 0.891 bits per heavy atom. The van der Waals surface area contributed by atoms with Crippen LogP contribution in [0.25, 0.3) is 42.0 Å². The van der Waals surface area contributed by atoms with Crippen LogP contribution in [0.4, 0.5) is 39.0 Å². The number of nitrogens with zero attached hydrogens (tertiary/aromatic N) is 22. The first-order chi connectivity index (χ1) is 61.5. The van der Waals surface area contributed by atoms with Gasteiger partial charge in [0, 0.05) is 147 Å². The lowest BCUT2D eigenvalue weighted by Crippen LogP contribution is -2.56. The molecule has 13 heterocycles. The van der Waals surface area contributed by atoms with Crippen LogP contribution in [-0.2, 0) is 53.3 Å². The standard InChI is InChI=1S/C33H39N7O3.C32H36FN7O2.C31H36N8O2.3H2S/c1-5-31(41)40-17-16-39(20-25(40)19-34-2)32-27-13-15-38(30-10-6-8-23-11-12-26(42-4)18-28(23)30)21-29(27)35-33(36-32)43-22-24-9-7-14-37(24)3;1-3-30(41)40-17-16-39(19-24(40)11-13-34)31-27-12-15-38(29-8-4-6-22-18-23(33)9-10-26(22)29)20-28(27)35-32(36-31)42-21-25-7-5-14-37(25)2;1-4-28(40)39-17-16-38(19-24(39)18-32-2)30-26-12-15-37(29-25-10-6-5-8-22(25)11-13-33-29)20-27(26)34-31(35-30)41-21-23-9-7-14-36(23)3;;;/h5-6,8,10-12,18,24-25H,1,7,9,13-17,19-22H2,3-4H3;3-4,6,8-10,18,24-25H,1,5,7,11-12,14-17,19-21H2,2H3;4-6,8,10-11,13,23-24H,1,7,9,12,14-21H2,3H3;3*1H2/t24-,25?;24?,25-;23-,24?;;;/m000.../s1. The first-order valence-electron chi connectivity index (χ1n) is 44.1. The first-order valence-corrected chi connectivity index (χ1v) is 44.1. The molecule has 0 radical (unpaired) electrons. The van der Waals surface area contributed by atoms with Gasteiger partial charge in [0.15, 0.2) is 0 Å². The van der Waals surface area contributed by atoms with Gasteiger partial charge >= 0.3 is 18.0 Å². The number of nitriles is 1. The lowest BCUT2D eigenvalue weighted by molar-refractivity contribution is -0.129. The summed E-state index contributed by atoms with van der Waals surface area (Å²) in [5.41, 5.74) is 8.28. The zero-order chi connectivity index (χ0) is 87.5. The topological polar surface area (TPSA) is 250 Å². The van der Waals surface area contributed by atoms with E-state index < -0.39 is 0 Å². The Balaban J connectivity index is 0.000000163. The van der Waals surface area contributed by atoms with Crippen molar-refractivity contribution in [2.24, 2.45) is 0 Å². The number of carbonyl (C=O) groups excluding carboxylic acids is 3. The summed E-state index contributed by atoms with van der Waals surface area (Å²) >= 11 is 0. The summed E-state index contributed by atoms with van der Waals surface area (Å²) < 4.78 is 38.3. The molecule has 0 saturated carbocycles. The molecule has 0 spiro atoms. The van der Waals surface area contributed by atoms with E-state index in [4.69, 9.17) is 67.0 Å². The number of anilines is 6. The van der Waals surface area contributed by atoms with Crippen LogP contribution in [-0.4, -0.2) is 278 Å². The average molecular weight is 1810 g/mol. The summed E-state index contributed by atoms with van der Waals surface area (Å²) in [6, 6.07) is 37.5. The average Bonchev–Trinajstić information content (AvgIpc) is 1.65. The van der Waals surface area contributed by atoms with Gasteiger partial charge in [0.05, 0.1) is 62.4 Å². The van der Waals surface area contributed by atoms with Gasteiger partial charge in [0.2, 0.25) is 30.8 Å². The van der Waals surface area contributed by atoms with Crippen LogP contribution in [0.1, 0.15) is 78.7 Å². The van der Waals surface area contributed by atoms with Crippen molar-refractivity contribution in [3.05, 3.63) is 210 Å². The summed E-state index contributed by atoms with van der Waals surface area (Å²) in [4.78, 5) is 105. The second-order valence-electron chi connectivity index (χ2n) is 34.0. The predicted octanol–water partition coefficient (Wildman–Crippen LogP) is 11.2. The number of benzene rings is 5. The van der Waals surface area contributed by atoms with Crippen LogP contribution in [0.5, 0.6) is 23.8 Å². The number of piperazine rings is 3. The van der Waals surface area contributed by atoms with Crippen molar-refractivity contribution < 1.29 is 37.7 Å². The van der Waals surface area contributed by atoms with Crippen LogP contribution in [0.15, 0.2) is 147 Å². The molecule has 18 rings (SSSR count). The number of hydrogen-bond donors (Lipinski definition) is 0. The van der Waals surface area contributed by atoms with Gasteiger partial charge in [0.1, 0.15) is 66.7 Å². The number of aromatic nitrogens is 7. The molecule has 0 bridgehead atoms. The molecule has 0 aliphatic carbocycles. The lowest BCUT2D eigenvalue weighted by atomic mass is 10.0. The zero-order valence-corrected chi connectivity index (χ0v) is 77.1. The van der Waals surface area contributed by atoms with Gasteiger partial charge in [-0.2, -0.15) is 75.7 Å². The Morgan fingerprint density at radius 3 is 1.34 bits per heavy atom. The molecular weight excluding hydrogens is 1690 g/mol. The van der Waals surface area contributed by atoms with E-state index >= 15 is 0 Å². The number of hydrogen-bond acceptors (Lipinski definition) is 24. The third-order valence-corrected chi connectivity index (χ3v) is 26.5. The fraction of sp³-hybridized carbons (Fsp3) is 0.448. The Bertz CT molecular complexity index is 5680. The number of carbonyl (C=O) groups is 3. The van der Waals surface area contributed by atoms with E-state index in [0.717, 1.165) is 191 Å². The van der Waals surface area contributed by atoms with Crippen molar-refractivity contribution in [2.45, 2.75) is 120 Å². The maximum absolute atomic E-state index is 14.0. The molecular formula is C96H117FN22O7S3. The Morgan fingerprint density at radius 1 is 0.465 bits per heavy atom. The molecule has 3 amide bonds. The fourth-order valence-electron chi connectivity index (χ4n) is 19.5. The number of pyridine rings is 1. The van der Waals surface area contributed by atoms with Gasteiger partial charge in [0.25, 0.3) is 0 Å². The molecule has 33 heteroatoms. The summed E-state index contributed by atoms with van der Waals surface area (Å²) in [5, 5.41) is 16.0. The highest BCUT2D eigenvalue weighted by Crippen LogP contribution is 2.41. The molecule has 0 N–H and O–H groups in total. The first kappa shape index (κ1) is 94.8. The summed E-state index contributed by atoms with van der Waals surface area (Å²) in [7, 11) is 8.09. The van der Waals surface area contributed by atoms with E-state index in [1.807, 2.05) is 48.7 Å². The maximum atomic E-state index is 14.0. The van der Waals surface area contributed by atoms with E-state index in [1.54, 1.807) is 27.9 Å². The molecule has 678 valence electrons. The van der Waals surface area contributed by atoms with Crippen LogP contribution in [0, 0.1) is 30.3 Å². The number of fused-ring (bicyclic) bond motifs is 6. The minimum Gasteiger partial charge on any atom is -0.497 e. The van der Waals surface area contributed by atoms with Crippen molar-refractivity contribution in [2.75, 3.05) is 189 Å². The number of rotatable bonds is 22. The van der Waals surface area contributed by atoms with E-state index in [2.05, 4.69) is 149 Å². The number of halogens is 1. The SMILES string of the molecule is C=CC(=O)N1CCN(c2nc(OC[C@@H]3CCCN3C)nc3c2CCN(c2cccc4cc(F)ccc24)C3)CC1CC#N.S.S.S.[C-]#[N+]CC1CN(c2nc(OC[C@@H]3CCCN3C)nc3c2CCN(c2cccc4ccc(OC)cc24)C3)CCN1C(=O)C=C.[C-]#[N+]CC1CN(c2nc(OC[C@@H]3CCCN3C)nc3c2CCN(c2nccc4ccccc24)C3)CCN1C(=O)C=C. The Kier molecular flexibility index (Phi) is 32.0. The highest BCUT2D eigenvalue weighted by atomic mass is 32.1. The van der Waals surface area contributed by atoms with E-state index in [0.29, 0.717) is 135 Å². The van der Waals surface area contributed by atoms with Crippen molar-refractivity contribution in [3.8, 4) is 29.9 Å². The quantitative estimate of drug-likeness (QED) is 0.0452. The zero-order valence-electron chi connectivity index (χ0n) is 74.1. The summed E-state index contributed by atoms with van der Waals surface area (Å²) in [6.45, 7) is 40.3. The van der Waals surface area contributed by atoms with E-state index in [-0.39, 0.29) is 102 Å². The molecule has 4 aromatic heterocycles. The summed E-state index contributed by atoms with van der Waals surface area (Å²) in [5.74, 6) is 3.65. The molecule has 6 fully saturated rings. The van der Waals surface area contributed by atoms with Crippen molar-refractivity contribution >= 4 is 125 Å². The molecule has 9 aliphatic heterocycles. The van der Waals surface area contributed by atoms with Crippen molar-refractivity contribution in [1.29, 1.82) is 5.26 Å². The second-order valence-corrected chi connectivity index (χ2v) is 34.0. The predicted molar refractivity (Wildman–Crippen MR) is 518 cm³/mol. The van der Waals surface area contributed by atoms with Gasteiger partial charge in [-0.05, 0) is 181 Å². The van der Waals surface area contributed by atoms with Gasteiger partial charge in [-0.3, -0.25) is 14.4 Å². The molecule has 129 heavy (non-hydrogen) atoms. The number of amides is 3. The van der Waals surface area contributed by atoms with E-state index in [9.17, 15) is 24.0 Å². The minimum absolute atomic E-state index is 0. The van der Waals surface area contributed by atoms with Gasteiger partial charge < -0.3 is 87.4 Å². The van der Waals surface area contributed by atoms with Gasteiger partial charge in [-0.25, -0.2) is 22.5 Å². The van der Waals surface area contributed by atoms with Crippen LogP contribution in [0.3, 0.4) is 0 Å². The Hall–Kier alpha value is -11.8. The maximum Gasteiger partial charge on any atom is 0.318 e. The molecule has 9 aromatic rings. The minimum atomic E-state index is -0.257. The van der Waals surface area contributed by atoms with Crippen LogP contribution >= 0.6 is 40.5 Å². The number of likely N-dealkylation sites (tertiary alicyclic amines) is 3. The largest absolute Gasteiger partial charge is 0.497 e. The lowest BCUT2D eigenvalue weighted by Gasteiger charge is -2.42. The molecule has 6 atom stereocenters. The summed E-state index contributed by atoms with van der Waals surface area (Å²) in [6.07, 6.45) is 15.1. The molecule has 9 aliphatic rings. The van der Waals surface area contributed by atoms with E-state index in [1.165, 1.54) is 37.1 Å². The Labute approximate surface area is 776 Å². The highest BCUT2D eigenvalue weighted by molar-refractivity contribution is 7.59. The van der Waals surface area contributed by atoms with Gasteiger partial charge in [-0.15, -0.1) is 0 Å². The molecule has 5 aromatic carbocycles. The second kappa shape index (κ2) is 43.6. The highest BCUT2D eigenvalue weighted by Gasteiger charge is 2.40. The smallest absolute Gasteiger partial charge is 0.318 e. The number of methoxy groups -OCH3 is 1. The monoisotopic (exact) mass is 1800 g/mol. The normalized spacial score (nSPS) is 20.3. The van der Waals surface area contributed by atoms with Crippen LogP contribution in [0.2, 0.25) is 0 Å². The fourth-order valence-corrected chi connectivity index (χ4v) is 19.5. The van der Waals surface area contributed by atoms with Gasteiger partial charge in [-0.1, -0.05) is 74.3 Å². The third kappa shape index (κ3) is 21.2. The molecule has 3 unspecified atom stereocenters. The third-order valence-electron chi connectivity index (χ3n) is 26.5. The van der Waals surface area contributed by atoms with Crippen LogP contribution < -0.4 is 48.3 Å². The number of ether oxygens (including phenoxy) is 4. The van der Waals surface area contributed by atoms with Crippen molar-refractivity contribution in [3.63, 3.8) is 0 Å². The van der Waals surface area contributed by atoms with Crippen molar-refractivity contribution in [1.82, 2.24) is 64.3 Å². The molecule has 29 nitrogen and oxygen atoms in total. The molecule has 6 saturated heterocycles. The number of likely N-dealkylation sites (N-methyl/N-ethyl adjacent to an activating group) is 3.